The minimum absolute atomic E-state index is 0.0567. The molecule has 33 heavy (non-hydrogen) atoms. The summed E-state index contributed by atoms with van der Waals surface area (Å²) < 4.78 is 21.3. The van der Waals surface area contributed by atoms with E-state index in [0.29, 0.717) is 41.7 Å². The highest BCUT2D eigenvalue weighted by molar-refractivity contribution is 6.31. The van der Waals surface area contributed by atoms with Gasteiger partial charge in [0, 0.05) is 31.0 Å². The first kappa shape index (κ1) is 23.2. The molecular formula is C21H21Cl2FN6O3. The number of benzene rings is 1. The van der Waals surface area contributed by atoms with Gasteiger partial charge in [-0.15, -0.1) is 0 Å². The largest absolute Gasteiger partial charge is 0.339 e. The molecule has 3 heterocycles. The number of H-pyrrole nitrogens is 1. The van der Waals surface area contributed by atoms with E-state index in [1.165, 1.54) is 22.8 Å². The molecule has 9 nitrogen and oxygen atoms in total. The van der Waals surface area contributed by atoms with E-state index in [1.807, 2.05) is 6.92 Å². The first-order chi connectivity index (χ1) is 15.9. The Kier molecular flexibility index (Phi) is 6.94. The summed E-state index contributed by atoms with van der Waals surface area (Å²) >= 11 is 12.0. The summed E-state index contributed by atoms with van der Waals surface area (Å²) in [5, 5.41) is 4.37. The van der Waals surface area contributed by atoms with E-state index in [1.54, 1.807) is 0 Å². The number of hydrogen-bond donors (Lipinski definition) is 1. The van der Waals surface area contributed by atoms with E-state index in [-0.39, 0.29) is 29.4 Å². The van der Waals surface area contributed by atoms with E-state index in [9.17, 15) is 14.0 Å². The molecule has 0 amide bonds. The average Bonchev–Trinajstić information content (AvgIpc) is 3.39. The molecule has 174 valence electrons. The number of imidazole rings is 1. The van der Waals surface area contributed by atoms with Crippen molar-refractivity contribution in [2.75, 3.05) is 0 Å². The quantitative estimate of drug-likeness (QED) is 0.354. The number of aromatic nitrogens is 6. The first-order valence-corrected chi connectivity index (χ1v) is 11.3. The SMILES string of the molecule is CCCCn1c(=O)n(CCCc2nc(Cc3cc(F)ccc3Cl)no2)c(=O)c2[nH]c(Cl)nc21. The normalized spacial score (nSPS) is 11.5. The van der Waals surface area contributed by atoms with Gasteiger partial charge in [0.05, 0.1) is 0 Å². The van der Waals surface area contributed by atoms with E-state index in [2.05, 4.69) is 20.1 Å². The lowest BCUT2D eigenvalue weighted by molar-refractivity contribution is 0.367. The van der Waals surface area contributed by atoms with Crippen LogP contribution in [-0.4, -0.2) is 29.2 Å². The molecule has 0 spiro atoms. The maximum atomic E-state index is 13.5. The van der Waals surface area contributed by atoms with Gasteiger partial charge in [0.25, 0.3) is 5.56 Å². The smallest absolute Gasteiger partial charge is 0.332 e. The fourth-order valence-electron chi connectivity index (χ4n) is 3.55. The molecule has 0 saturated heterocycles. The van der Waals surface area contributed by atoms with Gasteiger partial charge in [0.2, 0.25) is 11.2 Å². The fourth-order valence-corrected chi connectivity index (χ4v) is 3.91. The molecule has 4 rings (SSSR count). The van der Waals surface area contributed by atoms with Crippen molar-refractivity contribution in [2.24, 2.45) is 0 Å². The number of hydrogen-bond acceptors (Lipinski definition) is 6. The Morgan fingerprint density at radius 2 is 1.91 bits per heavy atom. The van der Waals surface area contributed by atoms with Gasteiger partial charge in [-0.2, -0.15) is 9.97 Å². The standard InChI is InChI=1S/C21H21Cl2FN6O3/c1-2-3-8-29-18-17(26-20(23)27-18)19(31)30(21(29)32)9-4-5-16-25-15(28-33-16)11-12-10-13(24)6-7-14(12)22/h6-7,10H,2-5,8-9,11H2,1H3,(H,26,27). The van der Waals surface area contributed by atoms with Gasteiger partial charge < -0.3 is 9.51 Å². The second-order valence-corrected chi connectivity index (χ2v) is 8.36. The molecule has 12 heteroatoms. The molecule has 1 N–H and O–H groups in total. The Bertz CT molecular complexity index is 1410. The van der Waals surface area contributed by atoms with Crippen molar-refractivity contribution < 1.29 is 8.91 Å². The number of unbranched alkanes of at least 4 members (excludes halogenated alkanes) is 1. The van der Waals surface area contributed by atoms with Crippen molar-refractivity contribution in [2.45, 2.75) is 52.1 Å². The van der Waals surface area contributed by atoms with E-state index in [0.717, 1.165) is 17.4 Å². The van der Waals surface area contributed by atoms with E-state index >= 15 is 0 Å². The number of rotatable bonds is 9. The molecule has 0 fully saturated rings. The number of nitrogens with one attached hydrogen (secondary N) is 1. The molecule has 0 aliphatic heterocycles. The van der Waals surface area contributed by atoms with Crippen LogP contribution < -0.4 is 11.2 Å². The fraction of sp³-hybridized carbons (Fsp3) is 0.381. The lowest BCUT2D eigenvalue weighted by atomic mass is 10.1. The molecular weight excluding hydrogens is 474 g/mol. The lowest BCUT2D eigenvalue weighted by Crippen LogP contribution is -2.40. The average molecular weight is 495 g/mol. The van der Waals surface area contributed by atoms with Crippen LogP contribution in [-0.2, 0) is 25.9 Å². The number of halogens is 3. The Balaban J connectivity index is 1.49. The van der Waals surface area contributed by atoms with Gasteiger partial charge in [0.15, 0.2) is 17.0 Å². The van der Waals surface area contributed by atoms with Crippen LogP contribution in [0.1, 0.15) is 43.5 Å². The van der Waals surface area contributed by atoms with Crippen LogP contribution in [0.5, 0.6) is 0 Å². The zero-order valence-electron chi connectivity index (χ0n) is 17.8. The first-order valence-electron chi connectivity index (χ1n) is 10.5. The van der Waals surface area contributed by atoms with Gasteiger partial charge in [-0.3, -0.25) is 13.9 Å². The topological polar surface area (TPSA) is 112 Å². The minimum atomic E-state index is -0.478. The van der Waals surface area contributed by atoms with E-state index in [4.69, 9.17) is 27.7 Å². The van der Waals surface area contributed by atoms with E-state index < -0.39 is 17.1 Å². The van der Waals surface area contributed by atoms with Crippen LogP contribution >= 0.6 is 23.2 Å². The highest BCUT2D eigenvalue weighted by atomic mass is 35.5. The number of nitrogens with zero attached hydrogens (tertiary/aromatic N) is 5. The maximum absolute atomic E-state index is 13.5. The summed E-state index contributed by atoms with van der Waals surface area (Å²) in [4.78, 5) is 36.9. The van der Waals surface area contributed by atoms with Crippen molar-refractivity contribution in [3.05, 3.63) is 72.4 Å². The molecule has 1 aromatic carbocycles. The van der Waals surface area contributed by atoms with Gasteiger partial charge in [-0.25, -0.2) is 9.18 Å². The monoisotopic (exact) mass is 494 g/mol. The summed E-state index contributed by atoms with van der Waals surface area (Å²) in [7, 11) is 0. The van der Waals surface area contributed by atoms with Gasteiger partial charge in [0.1, 0.15) is 5.82 Å². The summed E-state index contributed by atoms with van der Waals surface area (Å²) in [6.45, 7) is 2.60. The van der Waals surface area contributed by atoms with Crippen LogP contribution in [0.2, 0.25) is 10.3 Å². The molecule has 0 radical (unpaired) electrons. The Morgan fingerprint density at radius 1 is 1.12 bits per heavy atom. The van der Waals surface area contributed by atoms with Crippen molar-refractivity contribution in [3.63, 3.8) is 0 Å². The summed E-state index contributed by atoms with van der Waals surface area (Å²) in [5.74, 6) is 0.316. The number of aryl methyl sites for hydroxylation is 2. The highest BCUT2D eigenvalue weighted by Crippen LogP contribution is 2.19. The van der Waals surface area contributed by atoms with Gasteiger partial charge >= 0.3 is 5.69 Å². The molecule has 0 aliphatic carbocycles. The van der Waals surface area contributed by atoms with Crippen LogP contribution in [0.4, 0.5) is 4.39 Å². The Morgan fingerprint density at radius 3 is 2.70 bits per heavy atom. The third-order valence-electron chi connectivity index (χ3n) is 5.21. The number of aromatic amines is 1. The molecule has 0 bridgehead atoms. The second-order valence-electron chi connectivity index (χ2n) is 7.59. The third kappa shape index (κ3) is 5.01. The zero-order chi connectivity index (χ0) is 23.5. The molecule has 3 aromatic heterocycles. The zero-order valence-corrected chi connectivity index (χ0v) is 19.3. The van der Waals surface area contributed by atoms with Crippen LogP contribution in [0.15, 0.2) is 32.3 Å². The Hall–Kier alpha value is -2.98. The summed E-state index contributed by atoms with van der Waals surface area (Å²) in [6, 6.07) is 4.08. The van der Waals surface area contributed by atoms with Crippen molar-refractivity contribution in [1.82, 2.24) is 29.2 Å². The second kappa shape index (κ2) is 9.88. The van der Waals surface area contributed by atoms with Gasteiger partial charge in [-0.1, -0.05) is 30.1 Å². The third-order valence-corrected chi connectivity index (χ3v) is 5.75. The molecule has 0 aliphatic rings. The van der Waals surface area contributed by atoms with Gasteiger partial charge in [-0.05, 0) is 48.2 Å². The highest BCUT2D eigenvalue weighted by Gasteiger charge is 2.17. The molecule has 0 atom stereocenters. The molecule has 0 unspecified atom stereocenters. The Labute approximate surface area is 197 Å². The predicted octanol–water partition coefficient (Wildman–Crippen LogP) is 3.74. The van der Waals surface area contributed by atoms with Crippen LogP contribution in [0, 0.1) is 5.82 Å². The minimum Gasteiger partial charge on any atom is -0.339 e. The van der Waals surface area contributed by atoms with Crippen LogP contribution in [0.3, 0.4) is 0 Å². The molecule has 4 aromatic rings. The van der Waals surface area contributed by atoms with Crippen molar-refractivity contribution in [1.29, 1.82) is 0 Å². The van der Waals surface area contributed by atoms with Crippen LogP contribution in [0.25, 0.3) is 11.2 Å². The maximum Gasteiger partial charge on any atom is 0.332 e. The lowest BCUT2D eigenvalue weighted by Gasteiger charge is -2.10. The predicted molar refractivity (Wildman–Crippen MR) is 121 cm³/mol. The molecule has 0 saturated carbocycles. The van der Waals surface area contributed by atoms with Crippen molar-refractivity contribution in [3.8, 4) is 0 Å². The number of fused-ring (bicyclic) bond motifs is 1. The summed E-state index contributed by atoms with van der Waals surface area (Å²) in [5.41, 5.74) is 0.0971. The summed E-state index contributed by atoms with van der Waals surface area (Å²) in [6.07, 6.45) is 2.63. The van der Waals surface area contributed by atoms with Crippen molar-refractivity contribution >= 4 is 34.4 Å².